The van der Waals surface area contributed by atoms with Gasteiger partial charge >= 0.3 is 0 Å². The number of anilines is 1. The highest BCUT2D eigenvalue weighted by atomic mass is 79.9. The van der Waals surface area contributed by atoms with E-state index in [0.29, 0.717) is 6.54 Å². The molecule has 2 nitrogen and oxygen atoms in total. The van der Waals surface area contributed by atoms with Crippen molar-refractivity contribution < 1.29 is 0 Å². The standard InChI is InChI=1S/C15H23BrN2/c1-2-12-4-3-8-18(9-7-12)15-6-5-14(16)10-13(15)11-17/h5-6,10,12H,2-4,7-9,11,17H2,1H3. The third kappa shape index (κ3) is 3.27. The van der Waals surface area contributed by atoms with Gasteiger partial charge in [-0.1, -0.05) is 29.3 Å². The Bertz CT molecular complexity index is 392. The monoisotopic (exact) mass is 310 g/mol. The van der Waals surface area contributed by atoms with E-state index in [0.717, 1.165) is 10.4 Å². The number of rotatable bonds is 3. The molecule has 1 atom stereocenters. The maximum atomic E-state index is 5.87. The summed E-state index contributed by atoms with van der Waals surface area (Å²) in [6.07, 6.45) is 5.31. The molecule has 18 heavy (non-hydrogen) atoms. The van der Waals surface area contributed by atoms with Crippen LogP contribution in [0.3, 0.4) is 0 Å². The highest BCUT2D eigenvalue weighted by molar-refractivity contribution is 9.10. The van der Waals surface area contributed by atoms with Gasteiger partial charge in [-0.2, -0.15) is 0 Å². The molecule has 1 saturated heterocycles. The molecule has 1 heterocycles. The van der Waals surface area contributed by atoms with Crippen molar-refractivity contribution >= 4 is 21.6 Å². The number of nitrogens with zero attached hydrogens (tertiary/aromatic N) is 1. The average molecular weight is 311 g/mol. The van der Waals surface area contributed by atoms with Crippen LogP contribution in [0.2, 0.25) is 0 Å². The summed E-state index contributed by atoms with van der Waals surface area (Å²) in [5.41, 5.74) is 8.45. The lowest BCUT2D eigenvalue weighted by molar-refractivity contribution is 0.459. The highest BCUT2D eigenvalue weighted by Crippen LogP contribution is 2.28. The summed E-state index contributed by atoms with van der Waals surface area (Å²) in [4.78, 5) is 2.52. The van der Waals surface area contributed by atoms with Crippen molar-refractivity contribution in [1.82, 2.24) is 0 Å². The zero-order valence-electron chi connectivity index (χ0n) is 11.2. The van der Waals surface area contributed by atoms with E-state index < -0.39 is 0 Å². The molecule has 1 unspecified atom stereocenters. The molecule has 1 aliphatic rings. The average Bonchev–Trinajstić information content (AvgIpc) is 2.63. The molecule has 0 aromatic heterocycles. The first-order valence-electron chi connectivity index (χ1n) is 6.98. The molecule has 0 amide bonds. The van der Waals surface area contributed by atoms with E-state index >= 15 is 0 Å². The minimum atomic E-state index is 0.614. The third-order valence-electron chi connectivity index (χ3n) is 4.03. The molecule has 100 valence electrons. The number of nitrogens with two attached hydrogens (primary N) is 1. The second-order valence-electron chi connectivity index (χ2n) is 5.17. The van der Waals surface area contributed by atoms with Crippen LogP contribution in [-0.4, -0.2) is 13.1 Å². The van der Waals surface area contributed by atoms with Crippen LogP contribution in [-0.2, 0) is 6.54 Å². The SMILES string of the molecule is CCC1CCCN(c2ccc(Br)cc2CN)CC1. The van der Waals surface area contributed by atoms with Crippen molar-refractivity contribution in [3.8, 4) is 0 Å². The van der Waals surface area contributed by atoms with E-state index in [1.807, 2.05) is 0 Å². The zero-order valence-corrected chi connectivity index (χ0v) is 12.7. The van der Waals surface area contributed by atoms with Gasteiger partial charge in [0.15, 0.2) is 0 Å². The van der Waals surface area contributed by atoms with Crippen LogP contribution in [0.5, 0.6) is 0 Å². The van der Waals surface area contributed by atoms with Crippen molar-refractivity contribution in [2.45, 2.75) is 39.2 Å². The Labute approximate surface area is 119 Å². The first kappa shape index (κ1) is 13.9. The molecule has 2 rings (SSSR count). The van der Waals surface area contributed by atoms with Crippen LogP contribution < -0.4 is 10.6 Å². The second-order valence-corrected chi connectivity index (χ2v) is 6.09. The van der Waals surface area contributed by atoms with Crippen LogP contribution >= 0.6 is 15.9 Å². The molecule has 1 aliphatic heterocycles. The molecule has 1 fully saturated rings. The van der Waals surface area contributed by atoms with Gasteiger partial charge < -0.3 is 10.6 Å². The Hall–Kier alpha value is -0.540. The Morgan fingerprint density at radius 1 is 1.33 bits per heavy atom. The van der Waals surface area contributed by atoms with Crippen LogP contribution in [0.15, 0.2) is 22.7 Å². The molecule has 1 aromatic carbocycles. The summed E-state index contributed by atoms with van der Waals surface area (Å²) in [5.74, 6) is 0.909. The summed E-state index contributed by atoms with van der Waals surface area (Å²) < 4.78 is 1.12. The first-order chi connectivity index (χ1) is 8.74. The molecule has 3 heteroatoms. The molecular formula is C15H23BrN2. The van der Waals surface area contributed by atoms with E-state index in [2.05, 4.69) is 46.0 Å². The lowest BCUT2D eigenvalue weighted by Gasteiger charge is -2.25. The van der Waals surface area contributed by atoms with Gasteiger partial charge in [0.1, 0.15) is 0 Å². The van der Waals surface area contributed by atoms with Gasteiger partial charge in [-0.25, -0.2) is 0 Å². The Morgan fingerprint density at radius 2 is 2.17 bits per heavy atom. The van der Waals surface area contributed by atoms with Crippen LogP contribution in [0.1, 0.15) is 38.2 Å². The first-order valence-corrected chi connectivity index (χ1v) is 7.77. The fourth-order valence-electron chi connectivity index (χ4n) is 2.84. The molecule has 0 aliphatic carbocycles. The maximum Gasteiger partial charge on any atom is 0.0412 e. The summed E-state index contributed by atoms with van der Waals surface area (Å²) in [6, 6.07) is 6.48. The van der Waals surface area contributed by atoms with Crippen molar-refractivity contribution in [2.75, 3.05) is 18.0 Å². The van der Waals surface area contributed by atoms with Gasteiger partial charge in [-0.3, -0.25) is 0 Å². The van der Waals surface area contributed by atoms with Crippen molar-refractivity contribution in [2.24, 2.45) is 11.7 Å². The zero-order chi connectivity index (χ0) is 13.0. The number of benzene rings is 1. The van der Waals surface area contributed by atoms with E-state index in [4.69, 9.17) is 5.73 Å². The quantitative estimate of drug-likeness (QED) is 0.916. The number of hydrogen-bond acceptors (Lipinski definition) is 2. The van der Waals surface area contributed by atoms with Gasteiger partial charge in [0, 0.05) is 29.8 Å². The molecule has 0 saturated carbocycles. The van der Waals surface area contributed by atoms with Crippen LogP contribution in [0, 0.1) is 5.92 Å². The minimum Gasteiger partial charge on any atom is -0.371 e. The minimum absolute atomic E-state index is 0.614. The van der Waals surface area contributed by atoms with E-state index in [9.17, 15) is 0 Å². The predicted molar refractivity (Wildman–Crippen MR) is 81.9 cm³/mol. The Morgan fingerprint density at radius 3 is 2.89 bits per heavy atom. The molecular weight excluding hydrogens is 288 g/mol. The summed E-state index contributed by atoms with van der Waals surface area (Å²) in [7, 11) is 0. The smallest absolute Gasteiger partial charge is 0.0412 e. The Balaban J connectivity index is 2.15. The fourth-order valence-corrected chi connectivity index (χ4v) is 3.25. The largest absolute Gasteiger partial charge is 0.371 e. The van der Waals surface area contributed by atoms with Gasteiger partial charge in [0.05, 0.1) is 0 Å². The van der Waals surface area contributed by atoms with Gasteiger partial charge in [0.25, 0.3) is 0 Å². The van der Waals surface area contributed by atoms with Gasteiger partial charge in [0.2, 0.25) is 0 Å². The van der Waals surface area contributed by atoms with Crippen LogP contribution in [0.25, 0.3) is 0 Å². The normalized spacial score (nSPS) is 20.8. The lowest BCUT2D eigenvalue weighted by atomic mass is 9.98. The summed E-state index contributed by atoms with van der Waals surface area (Å²) in [6.45, 7) is 5.27. The van der Waals surface area contributed by atoms with Gasteiger partial charge in [-0.05, 0) is 48.9 Å². The van der Waals surface area contributed by atoms with Crippen molar-refractivity contribution in [3.05, 3.63) is 28.2 Å². The van der Waals surface area contributed by atoms with E-state index in [1.54, 1.807) is 0 Å². The predicted octanol–water partition coefficient (Wildman–Crippen LogP) is 3.92. The highest BCUT2D eigenvalue weighted by Gasteiger charge is 2.17. The summed E-state index contributed by atoms with van der Waals surface area (Å²) in [5, 5.41) is 0. The second kappa shape index (κ2) is 6.58. The lowest BCUT2D eigenvalue weighted by Crippen LogP contribution is -2.25. The molecule has 2 N–H and O–H groups in total. The molecule has 1 aromatic rings. The summed E-state index contributed by atoms with van der Waals surface area (Å²) >= 11 is 3.52. The van der Waals surface area contributed by atoms with Crippen LogP contribution in [0.4, 0.5) is 5.69 Å². The molecule has 0 radical (unpaired) electrons. The maximum absolute atomic E-state index is 5.87. The van der Waals surface area contributed by atoms with Crippen molar-refractivity contribution in [3.63, 3.8) is 0 Å². The number of halogens is 1. The third-order valence-corrected chi connectivity index (χ3v) is 4.52. The topological polar surface area (TPSA) is 29.3 Å². The van der Waals surface area contributed by atoms with E-state index in [1.165, 1.54) is 50.0 Å². The van der Waals surface area contributed by atoms with E-state index in [-0.39, 0.29) is 0 Å². The molecule has 0 spiro atoms. The fraction of sp³-hybridized carbons (Fsp3) is 0.600. The van der Waals surface area contributed by atoms with Crippen molar-refractivity contribution in [1.29, 1.82) is 0 Å². The number of hydrogen-bond donors (Lipinski definition) is 1. The van der Waals surface area contributed by atoms with Gasteiger partial charge in [-0.15, -0.1) is 0 Å². The molecule has 0 bridgehead atoms. The Kier molecular flexibility index (Phi) is 5.07.